The van der Waals surface area contributed by atoms with Crippen LogP contribution < -0.4 is 0 Å². The van der Waals surface area contributed by atoms with Gasteiger partial charge in [0.05, 0.1) is 0 Å². The van der Waals surface area contributed by atoms with Crippen molar-refractivity contribution < 1.29 is 13.2 Å². The predicted octanol–water partition coefficient (Wildman–Crippen LogP) is 2.21. The molecule has 0 aromatic heterocycles. The van der Waals surface area contributed by atoms with Crippen molar-refractivity contribution >= 4 is 15.6 Å². The van der Waals surface area contributed by atoms with E-state index in [1.165, 1.54) is 0 Å². The van der Waals surface area contributed by atoms with Gasteiger partial charge in [-0.3, -0.25) is 4.79 Å². The molecule has 15 heavy (non-hydrogen) atoms. The molecule has 0 N–H and O–H groups in total. The third-order valence-corrected chi connectivity index (χ3v) is 3.33. The molecule has 0 heterocycles. The SMILES string of the molecule is CCCCC(CC)CC(=O)CS(C)(=O)=O. The second kappa shape index (κ2) is 6.99. The maximum atomic E-state index is 11.4. The monoisotopic (exact) mass is 234 g/mol. The maximum absolute atomic E-state index is 11.4. The number of carbonyl (C=O) groups is 1. The molecule has 0 saturated heterocycles. The zero-order valence-corrected chi connectivity index (χ0v) is 10.8. The number of ketones is 1. The van der Waals surface area contributed by atoms with Crippen LogP contribution in [-0.2, 0) is 14.6 Å². The smallest absolute Gasteiger partial charge is 0.154 e. The third kappa shape index (κ3) is 8.60. The summed E-state index contributed by atoms with van der Waals surface area (Å²) in [6, 6.07) is 0. The lowest BCUT2D eigenvalue weighted by molar-refractivity contribution is -0.117. The predicted molar refractivity (Wildman–Crippen MR) is 62.6 cm³/mol. The molecule has 0 aliphatic rings. The van der Waals surface area contributed by atoms with E-state index in [1.54, 1.807) is 0 Å². The summed E-state index contributed by atoms with van der Waals surface area (Å²) in [5.41, 5.74) is 0. The summed E-state index contributed by atoms with van der Waals surface area (Å²) in [6.07, 6.45) is 5.75. The van der Waals surface area contributed by atoms with Gasteiger partial charge in [0, 0.05) is 12.7 Å². The molecule has 0 aromatic rings. The van der Waals surface area contributed by atoms with Crippen LogP contribution in [0.15, 0.2) is 0 Å². The van der Waals surface area contributed by atoms with E-state index in [9.17, 15) is 13.2 Å². The van der Waals surface area contributed by atoms with Gasteiger partial charge in [-0.2, -0.15) is 0 Å². The fraction of sp³-hybridized carbons (Fsp3) is 0.909. The van der Waals surface area contributed by atoms with E-state index >= 15 is 0 Å². The molecule has 0 spiro atoms. The zero-order chi connectivity index (χ0) is 11.9. The van der Waals surface area contributed by atoms with Gasteiger partial charge in [0.2, 0.25) is 0 Å². The van der Waals surface area contributed by atoms with Crippen molar-refractivity contribution in [3.63, 3.8) is 0 Å². The van der Waals surface area contributed by atoms with E-state index in [1.807, 2.05) is 6.92 Å². The van der Waals surface area contributed by atoms with Crippen LogP contribution >= 0.6 is 0 Å². The van der Waals surface area contributed by atoms with Gasteiger partial charge in [0.1, 0.15) is 11.5 Å². The summed E-state index contributed by atoms with van der Waals surface area (Å²) in [7, 11) is -3.15. The van der Waals surface area contributed by atoms with Gasteiger partial charge in [-0.15, -0.1) is 0 Å². The fourth-order valence-corrected chi connectivity index (χ4v) is 2.32. The van der Waals surface area contributed by atoms with Crippen molar-refractivity contribution in [2.75, 3.05) is 12.0 Å². The Labute approximate surface area is 93.2 Å². The normalized spacial score (nSPS) is 13.8. The number of hydrogen-bond donors (Lipinski definition) is 0. The second-order valence-corrected chi connectivity index (χ2v) is 6.37. The van der Waals surface area contributed by atoms with Crippen molar-refractivity contribution in [2.24, 2.45) is 5.92 Å². The molecule has 0 aliphatic heterocycles. The largest absolute Gasteiger partial charge is 0.299 e. The van der Waals surface area contributed by atoms with Crippen LogP contribution in [0.2, 0.25) is 0 Å². The molecular weight excluding hydrogens is 212 g/mol. The molecule has 0 aliphatic carbocycles. The van der Waals surface area contributed by atoms with E-state index in [0.717, 1.165) is 31.9 Å². The highest BCUT2D eigenvalue weighted by atomic mass is 32.2. The Bertz CT molecular complexity index is 280. The molecule has 1 atom stereocenters. The highest BCUT2D eigenvalue weighted by Gasteiger charge is 2.15. The van der Waals surface area contributed by atoms with E-state index in [4.69, 9.17) is 0 Å². The Morgan fingerprint density at radius 1 is 1.27 bits per heavy atom. The summed E-state index contributed by atoms with van der Waals surface area (Å²) in [5.74, 6) is -0.0741. The summed E-state index contributed by atoms with van der Waals surface area (Å²) >= 11 is 0. The average molecular weight is 234 g/mol. The van der Waals surface area contributed by atoms with E-state index in [2.05, 4.69) is 6.92 Å². The first-order valence-corrected chi connectivity index (χ1v) is 7.64. The molecule has 0 fully saturated rings. The minimum absolute atomic E-state index is 0.138. The van der Waals surface area contributed by atoms with Crippen LogP contribution in [0.5, 0.6) is 0 Å². The Morgan fingerprint density at radius 2 is 1.87 bits per heavy atom. The molecule has 0 radical (unpaired) electrons. The minimum atomic E-state index is -3.15. The van der Waals surface area contributed by atoms with Gasteiger partial charge in [-0.25, -0.2) is 8.42 Å². The van der Waals surface area contributed by atoms with Crippen LogP contribution in [0.4, 0.5) is 0 Å². The van der Waals surface area contributed by atoms with Crippen molar-refractivity contribution in [1.82, 2.24) is 0 Å². The lowest BCUT2D eigenvalue weighted by Gasteiger charge is -2.12. The molecule has 0 amide bonds. The number of Topliss-reactive ketones (excluding diaryl/α,β-unsaturated/α-hetero) is 1. The molecule has 3 nitrogen and oxygen atoms in total. The molecule has 0 saturated carbocycles. The second-order valence-electron chi connectivity index (χ2n) is 4.23. The molecule has 1 unspecified atom stereocenters. The van der Waals surface area contributed by atoms with Crippen molar-refractivity contribution in [3.05, 3.63) is 0 Å². The topological polar surface area (TPSA) is 51.2 Å². The van der Waals surface area contributed by atoms with Gasteiger partial charge >= 0.3 is 0 Å². The highest BCUT2D eigenvalue weighted by Crippen LogP contribution is 2.17. The maximum Gasteiger partial charge on any atom is 0.154 e. The number of unbranched alkanes of at least 4 members (excludes halogenated alkanes) is 1. The Balaban J connectivity index is 4.01. The van der Waals surface area contributed by atoms with Gasteiger partial charge in [0.15, 0.2) is 9.84 Å². The Kier molecular flexibility index (Phi) is 6.81. The van der Waals surface area contributed by atoms with Gasteiger partial charge in [-0.1, -0.05) is 39.5 Å². The lowest BCUT2D eigenvalue weighted by Crippen LogP contribution is -2.17. The fourth-order valence-electron chi connectivity index (χ4n) is 1.62. The molecule has 4 heteroatoms. The van der Waals surface area contributed by atoms with Gasteiger partial charge < -0.3 is 0 Å². The number of hydrogen-bond acceptors (Lipinski definition) is 3. The molecule has 0 rings (SSSR count). The van der Waals surface area contributed by atoms with Crippen LogP contribution in [0.25, 0.3) is 0 Å². The molecule has 90 valence electrons. The van der Waals surface area contributed by atoms with Crippen molar-refractivity contribution in [3.8, 4) is 0 Å². The number of rotatable bonds is 8. The van der Waals surface area contributed by atoms with Crippen molar-refractivity contribution in [2.45, 2.75) is 46.0 Å². The highest BCUT2D eigenvalue weighted by molar-refractivity contribution is 7.91. The number of carbonyl (C=O) groups excluding carboxylic acids is 1. The quantitative estimate of drug-likeness (QED) is 0.647. The standard InChI is InChI=1S/C11H22O3S/c1-4-6-7-10(5-2)8-11(12)9-15(3,13)14/h10H,4-9H2,1-3H3. The van der Waals surface area contributed by atoms with Crippen LogP contribution in [0.1, 0.15) is 46.0 Å². The Morgan fingerprint density at radius 3 is 2.27 bits per heavy atom. The van der Waals surface area contributed by atoms with Crippen LogP contribution in [0, 0.1) is 5.92 Å². The van der Waals surface area contributed by atoms with E-state index < -0.39 is 9.84 Å². The molecular formula is C11H22O3S. The molecule has 0 aromatic carbocycles. The average Bonchev–Trinajstić information content (AvgIpc) is 2.09. The number of sulfone groups is 1. The minimum Gasteiger partial charge on any atom is -0.299 e. The summed E-state index contributed by atoms with van der Waals surface area (Å²) in [6.45, 7) is 4.17. The third-order valence-electron chi connectivity index (χ3n) is 2.48. The van der Waals surface area contributed by atoms with E-state index in [-0.39, 0.29) is 11.5 Å². The first-order valence-electron chi connectivity index (χ1n) is 5.58. The van der Waals surface area contributed by atoms with Gasteiger partial charge in [-0.05, 0) is 5.92 Å². The first kappa shape index (κ1) is 14.6. The summed E-state index contributed by atoms with van der Waals surface area (Å²) in [4.78, 5) is 11.4. The molecule has 0 bridgehead atoms. The van der Waals surface area contributed by atoms with E-state index in [0.29, 0.717) is 12.3 Å². The van der Waals surface area contributed by atoms with Crippen LogP contribution in [0.3, 0.4) is 0 Å². The lowest BCUT2D eigenvalue weighted by atomic mass is 9.94. The zero-order valence-electron chi connectivity index (χ0n) is 9.95. The summed E-state index contributed by atoms with van der Waals surface area (Å²) in [5, 5.41) is 0. The first-order chi connectivity index (χ1) is 6.89. The Hall–Kier alpha value is -0.380. The van der Waals surface area contributed by atoms with Gasteiger partial charge in [0.25, 0.3) is 0 Å². The van der Waals surface area contributed by atoms with Crippen LogP contribution in [-0.4, -0.2) is 26.2 Å². The summed E-state index contributed by atoms with van der Waals surface area (Å²) < 4.78 is 21.8. The van der Waals surface area contributed by atoms with Crippen molar-refractivity contribution in [1.29, 1.82) is 0 Å².